The van der Waals surface area contributed by atoms with Crippen LogP contribution in [0.2, 0.25) is 0 Å². The molecule has 6 nitrogen and oxygen atoms in total. The van der Waals surface area contributed by atoms with Gasteiger partial charge in [-0.2, -0.15) is 0 Å². The van der Waals surface area contributed by atoms with Crippen LogP contribution in [0.5, 0.6) is 0 Å². The van der Waals surface area contributed by atoms with Crippen molar-refractivity contribution in [2.24, 2.45) is 11.8 Å². The Morgan fingerprint density at radius 1 is 1.44 bits per heavy atom. The van der Waals surface area contributed by atoms with Gasteiger partial charge in [0.2, 0.25) is 5.91 Å². The van der Waals surface area contributed by atoms with Crippen LogP contribution >= 0.6 is 0 Å². The highest BCUT2D eigenvalue weighted by atomic mass is 16.2. The van der Waals surface area contributed by atoms with Gasteiger partial charge in [0.15, 0.2) is 6.29 Å². The van der Waals surface area contributed by atoms with Crippen LogP contribution in [0.4, 0.5) is 0 Å². The molecule has 18 heavy (non-hydrogen) atoms. The first kappa shape index (κ1) is 12.7. The number of nitrogens with zero attached hydrogens (tertiary/aromatic N) is 4. The smallest absolute Gasteiger partial charge is 0.244 e. The van der Waals surface area contributed by atoms with Crippen LogP contribution in [0.3, 0.4) is 0 Å². The molecule has 1 aliphatic rings. The van der Waals surface area contributed by atoms with Crippen LogP contribution in [0.25, 0.3) is 0 Å². The fraction of sp³-hybridized carbons (Fsp3) is 0.667. The van der Waals surface area contributed by atoms with Crippen molar-refractivity contribution in [3.05, 3.63) is 11.9 Å². The van der Waals surface area contributed by atoms with E-state index in [0.29, 0.717) is 18.1 Å². The molecule has 1 aliphatic heterocycles. The number of hydrogen-bond donors (Lipinski definition) is 0. The molecule has 1 saturated heterocycles. The average molecular weight is 250 g/mol. The molecule has 2 rings (SSSR count). The first-order valence-electron chi connectivity index (χ1n) is 6.21. The van der Waals surface area contributed by atoms with Gasteiger partial charge in [0, 0.05) is 13.1 Å². The Hall–Kier alpha value is -1.72. The van der Waals surface area contributed by atoms with Gasteiger partial charge in [-0.15, -0.1) is 5.10 Å². The van der Waals surface area contributed by atoms with Crippen molar-refractivity contribution >= 4 is 12.2 Å². The minimum atomic E-state index is 0.0377. The van der Waals surface area contributed by atoms with Crippen LogP contribution in [-0.2, 0) is 11.3 Å². The quantitative estimate of drug-likeness (QED) is 0.736. The summed E-state index contributed by atoms with van der Waals surface area (Å²) in [5, 5.41) is 7.38. The zero-order valence-electron chi connectivity index (χ0n) is 10.7. The van der Waals surface area contributed by atoms with Crippen molar-refractivity contribution in [2.75, 3.05) is 13.1 Å². The Morgan fingerprint density at radius 3 is 2.67 bits per heavy atom. The van der Waals surface area contributed by atoms with Crippen LogP contribution in [0, 0.1) is 11.8 Å². The highest BCUT2D eigenvalue weighted by Crippen LogP contribution is 2.21. The van der Waals surface area contributed by atoms with Gasteiger partial charge in [0.25, 0.3) is 0 Å². The predicted octanol–water partition coefficient (Wildman–Crippen LogP) is 0.595. The van der Waals surface area contributed by atoms with E-state index in [1.165, 1.54) is 17.3 Å². The van der Waals surface area contributed by atoms with Gasteiger partial charge in [-0.05, 0) is 18.3 Å². The molecule has 0 radical (unpaired) electrons. The summed E-state index contributed by atoms with van der Waals surface area (Å²) in [5.41, 5.74) is 0.253. The van der Waals surface area contributed by atoms with E-state index in [-0.39, 0.29) is 18.1 Å². The van der Waals surface area contributed by atoms with Gasteiger partial charge < -0.3 is 4.90 Å². The molecular weight excluding hydrogens is 232 g/mol. The lowest BCUT2D eigenvalue weighted by Gasteiger charge is -2.34. The normalized spacial score (nSPS) is 24.0. The van der Waals surface area contributed by atoms with E-state index in [1.807, 2.05) is 4.90 Å². The third kappa shape index (κ3) is 2.94. The van der Waals surface area contributed by atoms with Gasteiger partial charge >= 0.3 is 0 Å². The van der Waals surface area contributed by atoms with Gasteiger partial charge in [0.1, 0.15) is 12.2 Å². The minimum absolute atomic E-state index is 0.0377. The first-order valence-corrected chi connectivity index (χ1v) is 6.21. The molecule has 6 heteroatoms. The minimum Gasteiger partial charge on any atom is -0.341 e. The second-order valence-corrected chi connectivity index (χ2v) is 5.20. The number of carbonyl (C=O) groups excluding carboxylic acids is 2. The third-order valence-corrected chi connectivity index (χ3v) is 3.20. The molecule has 0 saturated carbocycles. The van der Waals surface area contributed by atoms with Crippen molar-refractivity contribution in [1.82, 2.24) is 19.9 Å². The molecule has 1 aromatic heterocycles. The Bertz CT molecular complexity index is 433. The SMILES string of the molecule is CC1CC(C)CN(C(=O)Cn2cc(C=O)nn2)C1. The van der Waals surface area contributed by atoms with Crippen molar-refractivity contribution in [3.8, 4) is 0 Å². The predicted molar refractivity (Wildman–Crippen MR) is 64.9 cm³/mol. The van der Waals surface area contributed by atoms with E-state index in [0.717, 1.165) is 13.1 Å². The molecule has 2 unspecified atom stereocenters. The molecule has 0 aromatic carbocycles. The number of aldehydes is 1. The average Bonchev–Trinajstić information content (AvgIpc) is 2.75. The van der Waals surface area contributed by atoms with E-state index in [4.69, 9.17) is 0 Å². The summed E-state index contributed by atoms with van der Waals surface area (Å²) < 4.78 is 1.41. The summed E-state index contributed by atoms with van der Waals surface area (Å²) in [6.45, 7) is 6.09. The van der Waals surface area contributed by atoms with Crippen LogP contribution in [0.1, 0.15) is 30.8 Å². The van der Waals surface area contributed by atoms with Crippen molar-refractivity contribution < 1.29 is 9.59 Å². The standard InChI is InChI=1S/C12H18N4O2/c1-9-3-10(2)5-15(4-9)12(18)7-16-6-11(8-17)13-14-16/h6,8-10H,3-5,7H2,1-2H3. The summed E-state index contributed by atoms with van der Waals surface area (Å²) in [6, 6.07) is 0. The van der Waals surface area contributed by atoms with Gasteiger partial charge in [-0.1, -0.05) is 19.1 Å². The summed E-state index contributed by atoms with van der Waals surface area (Å²) in [6.07, 6.45) is 3.28. The highest BCUT2D eigenvalue weighted by molar-refractivity contribution is 5.76. The number of aromatic nitrogens is 3. The van der Waals surface area contributed by atoms with Gasteiger partial charge in [0.05, 0.1) is 6.20 Å². The summed E-state index contributed by atoms with van der Waals surface area (Å²) in [7, 11) is 0. The van der Waals surface area contributed by atoms with Crippen molar-refractivity contribution in [1.29, 1.82) is 0 Å². The zero-order valence-corrected chi connectivity index (χ0v) is 10.7. The highest BCUT2D eigenvalue weighted by Gasteiger charge is 2.25. The van der Waals surface area contributed by atoms with E-state index in [2.05, 4.69) is 24.2 Å². The second kappa shape index (κ2) is 5.29. The number of hydrogen-bond acceptors (Lipinski definition) is 4. The Balaban J connectivity index is 1.96. The number of piperidine rings is 1. The lowest BCUT2D eigenvalue weighted by molar-refractivity contribution is -0.134. The second-order valence-electron chi connectivity index (χ2n) is 5.20. The fourth-order valence-electron chi connectivity index (χ4n) is 2.55. The molecule has 0 spiro atoms. The van der Waals surface area contributed by atoms with E-state index < -0.39 is 0 Å². The Morgan fingerprint density at radius 2 is 2.11 bits per heavy atom. The molecular formula is C12H18N4O2. The number of rotatable bonds is 3. The summed E-state index contributed by atoms with van der Waals surface area (Å²) in [4.78, 5) is 24.5. The van der Waals surface area contributed by atoms with Crippen LogP contribution in [0.15, 0.2) is 6.20 Å². The Kier molecular flexibility index (Phi) is 3.74. The van der Waals surface area contributed by atoms with E-state index in [1.54, 1.807) is 0 Å². The largest absolute Gasteiger partial charge is 0.341 e. The lowest BCUT2D eigenvalue weighted by Crippen LogP contribution is -2.44. The molecule has 2 atom stereocenters. The maximum absolute atomic E-state index is 12.1. The monoisotopic (exact) mass is 250 g/mol. The van der Waals surface area contributed by atoms with E-state index in [9.17, 15) is 9.59 Å². The Labute approximate surface area is 106 Å². The number of carbonyl (C=O) groups is 2. The fourth-order valence-corrected chi connectivity index (χ4v) is 2.55. The molecule has 0 aliphatic carbocycles. The third-order valence-electron chi connectivity index (χ3n) is 3.20. The zero-order chi connectivity index (χ0) is 13.1. The molecule has 1 aromatic rings. The first-order chi connectivity index (χ1) is 8.58. The maximum atomic E-state index is 12.1. The van der Waals surface area contributed by atoms with E-state index >= 15 is 0 Å². The van der Waals surface area contributed by atoms with Gasteiger partial charge in [-0.3, -0.25) is 9.59 Å². The van der Waals surface area contributed by atoms with Crippen molar-refractivity contribution in [3.63, 3.8) is 0 Å². The summed E-state index contributed by atoms with van der Waals surface area (Å²) in [5.74, 6) is 1.12. The maximum Gasteiger partial charge on any atom is 0.244 e. The topological polar surface area (TPSA) is 68.1 Å². The van der Waals surface area contributed by atoms with Crippen molar-refractivity contribution in [2.45, 2.75) is 26.8 Å². The van der Waals surface area contributed by atoms with Gasteiger partial charge in [-0.25, -0.2) is 4.68 Å². The van der Waals surface area contributed by atoms with Crippen LogP contribution in [-0.4, -0.2) is 45.2 Å². The van der Waals surface area contributed by atoms with Crippen LogP contribution < -0.4 is 0 Å². The molecule has 1 amide bonds. The number of amides is 1. The molecule has 0 bridgehead atoms. The lowest BCUT2D eigenvalue weighted by atomic mass is 9.92. The summed E-state index contributed by atoms with van der Waals surface area (Å²) >= 11 is 0. The molecule has 98 valence electrons. The number of likely N-dealkylation sites (tertiary alicyclic amines) is 1. The molecule has 0 N–H and O–H groups in total. The molecule has 1 fully saturated rings. The molecule has 2 heterocycles.